The van der Waals surface area contributed by atoms with Gasteiger partial charge < -0.3 is 24.8 Å². The molecule has 0 aliphatic carbocycles. The van der Waals surface area contributed by atoms with Crippen LogP contribution in [0, 0.1) is 11.8 Å². The molecule has 1 N–H and O–H groups in total. The number of likely N-dealkylation sites (tertiary alicyclic amines) is 1. The maximum absolute atomic E-state index is 12.7. The molecule has 1 atom stereocenters. The predicted octanol–water partition coefficient (Wildman–Crippen LogP) is 0.914. The lowest BCUT2D eigenvalue weighted by Crippen LogP contribution is -2.52. The lowest BCUT2D eigenvalue weighted by molar-refractivity contribution is -0.140. The van der Waals surface area contributed by atoms with E-state index in [1.54, 1.807) is 0 Å². The monoisotopic (exact) mass is 394 g/mol. The first-order valence-corrected chi connectivity index (χ1v) is 10.5. The van der Waals surface area contributed by atoms with E-state index in [2.05, 4.69) is 31.1 Å². The van der Waals surface area contributed by atoms with Gasteiger partial charge in [0.15, 0.2) is 0 Å². The second-order valence-corrected chi connectivity index (χ2v) is 8.99. The van der Waals surface area contributed by atoms with Crippen molar-refractivity contribution in [3.8, 4) is 0 Å². The minimum Gasteiger partial charge on any atom is -0.441 e. The third-order valence-corrected chi connectivity index (χ3v) is 6.07. The van der Waals surface area contributed by atoms with Crippen LogP contribution in [0.2, 0.25) is 0 Å². The standard InChI is InChI=1S/C20H34N4O4/c1-15(2)13-22(3)10-11-24-14-20(28-19(24)27)6-8-23(9-7-20)18(26)16-4-5-17(25)21-12-16/h15-16H,4-14H2,1-3H3,(H,21,25). The molecule has 0 bridgehead atoms. The quantitative estimate of drug-likeness (QED) is 0.724. The molecule has 3 aliphatic heterocycles. The molecular formula is C20H34N4O4. The van der Waals surface area contributed by atoms with Gasteiger partial charge >= 0.3 is 6.09 Å². The highest BCUT2D eigenvalue weighted by molar-refractivity contribution is 5.84. The molecule has 0 saturated carbocycles. The molecule has 3 rings (SSSR count). The SMILES string of the molecule is CC(C)CN(C)CCN1CC2(CCN(C(=O)C3CCC(=O)NC3)CC2)OC1=O. The lowest BCUT2D eigenvalue weighted by atomic mass is 9.89. The molecule has 3 amide bonds. The smallest absolute Gasteiger partial charge is 0.410 e. The fourth-order valence-electron chi connectivity index (χ4n) is 4.47. The number of carbonyl (C=O) groups excluding carboxylic acids is 3. The van der Waals surface area contributed by atoms with Gasteiger partial charge in [-0.3, -0.25) is 9.59 Å². The van der Waals surface area contributed by atoms with Gasteiger partial charge in [-0.05, 0) is 19.4 Å². The summed E-state index contributed by atoms with van der Waals surface area (Å²) in [6, 6.07) is 0. The summed E-state index contributed by atoms with van der Waals surface area (Å²) in [6.07, 6.45) is 2.18. The van der Waals surface area contributed by atoms with Gasteiger partial charge in [0.1, 0.15) is 5.60 Å². The Balaban J connectivity index is 1.46. The van der Waals surface area contributed by atoms with Gasteiger partial charge in [0.2, 0.25) is 11.8 Å². The summed E-state index contributed by atoms with van der Waals surface area (Å²) in [4.78, 5) is 42.3. The van der Waals surface area contributed by atoms with E-state index >= 15 is 0 Å². The Bertz CT molecular complexity index is 591. The summed E-state index contributed by atoms with van der Waals surface area (Å²) in [5.74, 6) is 0.622. The molecule has 3 fully saturated rings. The predicted molar refractivity (Wildman–Crippen MR) is 105 cm³/mol. The van der Waals surface area contributed by atoms with Crippen LogP contribution >= 0.6 is 0 Å². The van der Waals surface area contributed by atoms with Crippen molar-refractivity contribution in [3.63, 3.8) is 0 Å². The van der Waals surface area contributed by atoms with E-state index in [0.717, 1.165) is 13.1 Å². The van der Waals surface area contributed by atoms with Crippen molar-refractivity contribution in [1.29, 1.82) is 0 Å². The van der Waals surface area contributed by atoms with Gasteiger partial charge in [-0.2, -0.15) is 0 Å². The van der Waals surface area contributed by atoms with Crippen LogP contribution in [0.3, 0.4) is 0 Å². The van der Waals surface area contributed by atoms with Gasteiger partial charge in [0, 0.05) is 58.5 Å². The van der Waals surface area contributed by atoms with Crippen LogP contribution < -0.4 is 5.32 Å². The van der Waals surface area contributed by atoms with Crippen LogP contribution in [0.4, 0.5) is 4.79 Å². The van der Waals surface area contributed by atoms with Gasteiger partial charge in [-0.15, -0.1) is 0 Å². The number of likely N-dealkylation sites (N-methyl/N-ethyl adjacent to an activating group) is 1. The third-order valence-electron chi connectivity index (χ3n) is 6.07. The lowest BCUT2D eigenvalue weighted by Gasteiger charge is -2.39. The Morgan fingerprint density at radius 2 is 2.04 bits per heavy atom. The number of hydrogen-bond acceptors (Lipinski definition) is 5. The normalized spacial score (nSPS) is 24.8. The molecular weight excluding hydrogens is 360 g/mol. The Labute approximate surface area is 167 Å². The van der Waals surface area contributed by atoms with Gasteiger partial charge in [0.25, 0.3) is 0 Å². The van der Waals surface area contributed by atoms with Crippen LogP contribution in [-0.2, 0) is 14.3 Å². The van der Waals surface area contributed by atoms with Crippen molar-refractivity contribution in [1.82, 2.24) is 20.0 Å². The fourth-order valence-corrected chi connectivity index (χ4v) is 4.47. The largest absolute Gasteiger partial charge is 0.441 e. The highest BCUT2D eigenvalue weighted by Gasteiger charge is 2.47. The summed E-state index contributed by atoms with van der Waals surface area (Å²) in [6.45, 7) is 9.16. The molecule has 1 unspecified atom stereocenters. The molecule has 0 radical (unpaired) electrons. The molecule has 3 saturated heterocycles. The number of hydrogen-bond donors (Lipinski definition) is 1. The van der Waals surface area contributed by atoms with Crippen molar-refractivity contribution >= 4 is 17.9 Å². The maximum Gasteiger partial charge on any atom is 0.410 e. The van der Waals surface area contributed by atoms with Crippen molar-refractivity contribution < 1.29 is 19.1 Å². The molecule has 3 heterocycles. The van der Waals surface area contributed by atoms with Crippen molar-refractivity contribution in [2.45, 2.75) is 45.1 Å². The van der Waals surface area contributed by atoms with Gasteiger partial charge in [-0.25, -0.2) is 4.79 Å². The molecule has 28 heavy (non-hydrogen) atoms. The van der Waals surface area contributed by atoms with Gasteiger partial charge in [-0.1, -0.05) is 13.8 Å². The Kier molecular flexibility index (Phi) is 6.47. The molecule has 8 nitrogen and oxygen atoms in total. The number of piperidine rings is 2. The summed E-state index contributed by atoms with van der Waals surface area (Å²) in [5, 5.41) is 2.78. The summed E-state index contributed by atoms with van der Waals surface area (Å²) in [5.41, 5.74) is -0.453. The topological polar surface area (TPSA) is 82.2 Å². The first-order chi connectivity index (χ1) is 13.3. The molecule has 1 spiro atoms. The number of rotatable bonds is 6. The Morgan fingerprint density at radius 1 is 1.32 bits per heavy atom. The highest BCUT2D eigenvalue weighted by atomic mass is 16.6. The van der Waals surface area contributed by atoms with E-state index < -0.39 is 5.60 Å². The van der Waals surface area contributed by atoms with Crippen LogP contribution in [0.5, 0.6) is 0 Å². The molecule has 8 heteroatoms. The van der Waals surface area contributed by atoms with Crippen LogP contribution in [0.1, 0.15) is 39.5 Å². The van der Waals surface area contributed by atoms with Crippen LogP contribution in [-0.4, -0.2) is 91.1 Å². The van der Waals surface area contributed by atoms with Crippen LogP contribution in [0.15, 0.2) is 0 Å². The van der Waals surface area contributed by atoms with E-state index in [9.17, 15) is 14.4 Å². The number of carbonyl (C=O) groups is 3. The average Bonchev–Trinajstić information content (AvgIpc) is 2.95. The number of amides is 3. The zero-order chi connectivity index (χ0) is 20.3. The van der Waals surface area contributed by atoms with E-state index in [0.29, 0.717) is 64.3 Å². The van der Waals surface area contributed by atoms with Crippen LogP contribution in [0.25, 0.3) is 0 Å². The summed E-state index contributed by atoms with van der Waals surface area (Å²) in [7, 11) is 2.08. The molecule has 158 valence electrons. The maximum atomic E-state index is 12.7. The average molecular weight is 395 g/mol. The van der Waals surface area contributed by atoms with E-state index in [-0.39, 0.29) is 23.8 Å². The number of ether oxygens (including phenoxy) is 1. The highest BCUT2D eigenvalue weighted by Crippen LogP contribution is 2.33. The summed E-state index contributed by atoms with van der Waals surface area (Å²) < 4.78 is 5.78. The minimum atomic E-state index is -0.453. The van der Waals surface area contributed by atoms with E-state index in [1.807, 2.05) is 9.80 Å². The number of nitrogens with zero attached hydrogens (tertiary/aromatic N) is 3. The zero-order valence-electron chi connectivity index (χ0n) is 17.4. The molecule has 3 aliphatic rings. The fraction of sp³-hybridized carbons (Fsp3) is 0.850. The van der Waals surface area contributed by atoms with Gasteiger partial charge in [0.05, 0.1) is 12.5 Å². The first-order valence-electron chi connectivity index (χ1n) is 10.5. The molecule has 0 aromatic carbocycles. The molecule has 0 aromatic heterocycles. The van der Waals surface area contributed by atoms with Crippen molar-refractivity contribution in [2.75, 3.05) is 52.9 Å². The Morgan fingerprint density at radius 3 is 2.64 bits per heavy atom. The first kappa shape index (κ1) is 20.9. The second-order valence-electron chi connectivity index (χ2n) is 8.99. The minimum absolute atomic E-state index is 0.0265. The Hall–Kier alpha value is -1.83. The second kappa shape index (κ2) is 8.68. The van der Waals surface area contributed by atoms with Crippen molar-refractivity contribution in [3.05, 3.63) is 0 Å². The van der Waals surface area contributed by atoms with Crippen molar-refractivity contribution in [2.24, 2.45) is 11.8 Å². The zero-order valence-corrected chi connectivity index (χ0v) is 17.4. The van der Waals surface area contributed by atoms with E-state index in [1.165, 1.54) is 0 Å². The van der Waals surface area contributed by atoms with E-state index in [4.69, 9.17) is 4.74 Å². The summed E-state index contributed by atoms with van der Waals surface area (Å²) >= 11 is 0. The third kappa shape index (κ3) is 4.96. The number of nitrogens with one attached hydrogen (secondary N) is 1. The molecule has 0 aromatic rings.